The standard InChI is InChI=1S/C11H20N2O2/c1-7(2)10(13-8(3)14)11(15)12-6-9-4-5-9/h7,9-10H,4-6H2,1-3H3,(H,12,15)(H,13,14)/t10-/m0/s1. The third-order valence-corrected chi connectivity index (χ3v) is 2.57. The third-order valence-electron chi connectivity index (χ3n) is 2.57. The molecule has 1 saturated carbocycles. The number of carbonyl (C=O) groups excluding carboxylic acids is 2. The minimum absolute atomic E-state index is 0.0629. The maximum Gasteiger partial charge on any atom is 0.242 e. The van der Waals surface area contributed by atoms with Crippen molar-refractivity contribution < 1.29 is 9.59 Å². The van der Waals surface area contributed by atoms with Crippen LogP contribution in [-0.2, 0) is 9.59 Å². The first-order valence-electron chi connectivity index (χ1n) is 5.55. The van der Waals surface area contributed by atoms with Gasteiger partial charge in [-0.05, 0) is 24.7 Å². The maximum atomic E-state index is 11.7. The Bertz CT molecular complexity index is 247. The summed E-state index contributed by atoms with van der Waals surface area (Å²) in [7, 11) is 0. The zero-order valence-corrected chi connectivity index (χ0v) is 9.67. The normalized spacial score (nSPS) is 17.3. The Kier molecular flexibility index (Phi) is 4.12. The zero-order valence-electron chi connectivity index (χ0n) is 9.67. The van der Waals surface area contributed by atoms with Gasteiger partial charge in [0.25, 0.3) is 0 Å². The molecule has 0 heterocycles. The largest absolute Gasteiger partial charge is 0.354 e. The van der Waals surface area contributed by atoms with Crippen molar-refractivity contribution in [1.29, 1.82) is 0 Å². The van der Waals surface area contributed by atoms with Crippen LogP contribution in [0.5, 0.6) is 0 Å². The van der Waals surface area contributed by atoms with Gasteiger partial charge in [-0.1, -0.05) is 13.8 Å². The molecule has 0 spiro atoms. The Morgan fingerprint density at radius 2 is 1.93 bits per heavy atom. The number of carbonyl (C=O) groups is 2. The molecule has 0 aromatic heterocycles. The summed E-state index contributed by atoms with van der Waals surface area (Å²) in [4.78, 5) is 22.6. The average molecular weight is 212 g/mol. The fourth-order valence-corrected chi connectivity index (χ4v) is 1.43. The summed E-state index contributed by atoms with van der Waals surface area (Å²) in [6.45, 7) is 6.04. The predicted octanol–water partition coefficient (Wildman–Crippen LogP) is 0.673. The van der Waals surface area contributed by atoms with Crippen molar-refractivity contribution >= 4 is 11.8 Å². The molecule has 1 fully saturated rings. The van der Waals surface area contributed by atoms with Crippen LogP contribution >= 0.6 is 0 Å². The van der Waals surface area contributed by atoms with E-state index in [0.29, 0.717) is 5.92 Å². The lowest BCUT2D eigenvalue weighted by Gasteiger charge is -2.20. The highest BCUT2D eigenvalue weighted by molar-refractivity contribution is 5.87. The minimum Gasteiger partial charge on any atom is -0.354 e. The first-order chi connectivity index (χ1) is 7.00. The van der Waals surface area contributed by atoms with Gasteiger partial charge in [-0.15, -0.1) is 0 Å². The summed E-state index contributed by atoms with van der Waals surface area (Å²) < 4.78 is 0. The summed E-state index contributed by atoms with van der Waals surface area (Å²) in [6.07, 6.45) is 2.43. The third kappa shape index (κ3) is 4.32. The molecule has 0 unspecified atom stereocenters. The molecule has 86 valence electrons. The Hall–Kier alpha value is -1.06. The molecule has 0 bridgehead atoms. The molecule has 0 aliphatic heterocycles. The molecule has 15 heavy (non-hydrogen) atoms. The topological polar surface area (TPSA) is 58.2 Å². The summed E-state index contributed by atoms with van der Waals surface area (Å²) in [5, 5.41) is 5.55. The van der Waals surface area contributed by atoms with Crippen molar-refractivity contribution in [2.75, 3.05) is 6.54 Å². The maximum absolute atomic E-state index is 11.7. The molecule has 1 atom stereocenters. The fraction of sp³-hybridized carbons (Fsp3) is 0.818. The molecule has 2 N–H and O–H groups in total. The molecule has 4 heteroatoms. The molecular formula is C11H20N2O2. The van der Waals surface area contributed by atoms with E-state index in [0.717, 1.165) is 6.54 Å². The van der Waals surface area contributed by atoms with Gasteiger partial charge in [0.15, 0.2) is 0 Å². The van der Waals surface area contributed by atoms with Crippen molar-refractivity contribution in [2.24, 2.45) is 11.8 Å². The van der Waals surface area contributed by atoms with E-state index in [9.17, 15) is 9.59 Å². The molecule has 0 radical (unpaired) electrons. The Labute approximate surface area is 90.8 Å². The highest BCUT2D eigenvalue weighted by Gasteiger charge is 2.26. The van der Waals surface area contributed by atoms with E-state index in [1.165, 1.54) is 19.8 Å². The van der Waals surface area contributed by atoms with Crippen molar-refractivity contribution in [2.45, 2.75) is 39.7 Å². The number of hydrogen-bond acceptors (Lipinski definition) is 2. The Balaban J connectivity index is 2.38. The first-order valence-corrected chi connectivity index (χ1v) is 5.55. The summed E-state index contributed by atoms with van der Waals surface area (Å²) in [5.41, 5.74) is 0. The molecular weight excluding hydrogens is 192 g/mol. The lowest BCUT2D eigenvalue weighted by atomic mass is 10.0. The molecule has 1 aliphatic rings. The van der Waals surface area contributed by atoms with Gasteiger partial charge < -0.3 is 10.6 Å². The summed E-state index contributed by atoms with van der Waals surface area (Å²) in [6, 6.07) is -0.402. The minimum atomic E-state index is -0.402. The number of nitrogens with one attached hydrogen (secondary N) is 2. The quantitative estimate of drug-likeness (QED) is 0.704. The second-order valence-electron chi connectivity index (χ2n) is 4.61. The summed E-state index contributed by atoms with van der Waals surface area (Å²) >= 11 is 0. The van der Waals surface area contributed by atoms with Crippen LogP contribution in [0.3, 0.4) is 0 Å². The average Bonchev–Trinajstić information content (AvgIpc) is 2.93. The number of rotatable bonds is 5. The number of amides is 2. The van der Waals surface area contributed by atoms with Crippen molar-refractivity contribution in [3.05, 3.63) is 0 Å². The highest BCUT2D eigenvalue weighted by atomic mass is 16.2. The van der Waals surface area contributed by atoms with E-state index in [1.54, 1.807) is 0 Å². The first kappa shape index (κ1) is 12.0. The van der Waals surface area contributed by atoms with Gasteiger partial charge in [-0.3, -0.25) is 9.59 Å². The lowest BCUT2D eigenvalue weighted by Crippen LogP contribution is -2.49. The van der Waals surface area contributed by atoms with Gasteiger partial charge >= 0.3 is 0 Å². The van der Waals surface area contributed by atoms with Crippen LogP contribution in [0.25, 0.3) is 0 Å². The van der Waals surface area contributed by atoms with Gasteiger partial charge in [0, 0.05) is 13.5 Å². The predicted molar refractivity (Wildman–Crippen MR) is 58.2 cm³/mol. The van der Waals surface area contributed by atoms with E-state index in [1.807, 2.05) is 13.8 Å². The molecule has 0 saturated heterocycles. The Morgan fingerprint density at radius 1 is 1.33 bits per heavy atom. The van der Waals surface area contributed by atoms with E-state index in [4.69, 9.17) is 0 Å². The fourth-order valence-electron chi connectivity index (χ4n) is 1.43. The summed E-state index contributed by atoms with van der Waals surface area (Å²) in [5.74, 6) is 0.564. The molecule has 4 nitrogen and oxygen atoms in total. The van der Waals surface area contributed by atoms with Crippen molar-refractivity contribution in [1.82, 2.24) is 10.6 Å². The van der Waals surface area contributed by atoms with E-state index < -0.39 is 6.04 Å². The molecule has 1 rings (SSSR count). The van der Waals surface area contributed by atoms with E-state index in [2.05, 4.69) is 10.6 Å². The molecule has 0 aromatic rings. The van der Waals surface area contributed by atoms with Gasteiger partial charge in [0.1, 0.15) is 6.04 Å². The van der Waals surface area contributed by atoms with Crippen LogP contribution in [0.2, 0.25) is 0 Å². The monoisotopic (exact) mass is 212 g/mol. The smallest absolute Gasteiger partial charge is 0.242 e. The van der Waals surface area contributed by atoms with Gasteiger partial charge in [0.05, 0.1) is 0 Å². The second kappa shape index (κ2) is 5.14. The second-order valence-corrected chi connectivity index (χ2v) is 4.61. The lowest BCUT2D eigenvalue weighted by molar-refractivity contribution is -0.129. The van der Waals surface area contributed by atoms with Crippen LogP contribution in [-0.4, -0.2) is 24.4 Å². The van der Waals surface area contributed by atoms with Crippen LogP contribution in [0, 0.1) is 11.8 Å². The van der Waals surface area contributed by atoms with E-state index in [-0.39, 0.29) is 17.7 Å². The van der Waals surface area contributed by atoms with E-state index >= 15 is 0 Å². The molecule has 0 aromatic carbocycles. The Morgan fingerprint density at radius 3 is 2.33 bits per heavy atom. The van der Waals surface area contributed by atoms with Gasteiger partial charge in [-0.2, -0.15) is 0 Å². The van der Waals surface area contributed by atoms with Gasteiger partial charge in [0.2, 0.25) is 11.8 Å². The molecule has 1 aliphatic carbocycles. The van der Waals surface area contributed by atoms with Crippen LogP contribution in [0.1, 0.15) is 33.6 Å². The highest BCUT2D eigenvalue weighted by Crippen LogP contribution is 2.27. The zero-order chi connectivity index (χ0) is 11.4. The molecule has 2 amide bonds. The van der Waals surface area contributed by atoms with Crippen LogP contribution in [0.15, 0.2) is 0 Å². The number of hydrogen-bond donors (Lipinski definition) is 2. The van der Waals surface area contributed by atoms with Crippen molar-refractivity contribution in [3.8, 4) is 0 Å². The SMILES string of the molecule is CC(=O)N[C@H](C(=O)NCC1CC1)C(C)C. The van der Waals surface area contributed by atoms with Crippen LogP contribution in [0.4, 0.5) is 0 Å². The van der Waals surface area contributed by atoms with Gasteiger partial charge in [-0.25, -0.2) is 0 Å². The van der Waals surface area contributed by atoms with Crippen molar-refractivity contribution in [3.63, 3.8) is 0 Å². The van der Waals surface area contributed by atoms with Crippen LogP contribution < -0.4 is 10.6 Å².